The molecule has 108 valence electrons. The third-order valence-corrected chi connectivity index (χ3v) is 3.27. The Hall–Kier alpha value is -0.800. The Morgan fingerprint density at radius 2 is 1.95 bits per heavy atom. The molecule has 0 aliphatic rings. The van der Waals surface area contributed by atoms with Gasteiger partial charge < -0.3 is 9.80 Å². The van der Waals surface area contributed by atoms with Crippen molar-refractivity contribution in [1.82, 2.24) is 9.88 Å². The fourth-order valence-corrected chi connectivity index (χ4v) is 2.22. The summed E-state index contributed by atoms with van der Waals surface area (Å²) in [6.07, 6.45) is 1.89. The zero-order valence-corrected chi connectivity index (χ0v) is 13.5. The maximum atomic E-state index is 5.86. The van der Waals surface area contributed by atoms with Crippen molar-refractivity contribution >= 4 is 17.4 Å². The molecule has 0 saturated carbocycles. The highest BCUT2D eigenvalue weighted by molar-refractivity contribution is 6.17. The van der Waals surface area contributed by atoms with Gasteiger partial charge in [0.2, 0.25) is 0 Å². The molecule has 1 aromatic rings. The van der Waals surface area contributed by atoms with Gasteiger partial charge in [-0.25, -0.2) is 4.98 Å². The molecule has 1 aromatic heterocycles. The molecular weight excluding hydrogens is 258 g/mol. The molecular formula is C15H26ClN3. The standard InChI is InChI=1S/C15H26ClN3/c1-12(2)11-19(7-6-18(4)5)15-13(3)8-14(9-16)10-17-15/h8,10,12H,6-7,9,11H2,1-5H3. The van der Waals surface area contributed by atoms with Gasteiger partial charge >= 0.3 is 0 Å². The average Bonchev–Trinajstić information content (AvgIpc) is 2.34. The van der Waals surface area contributed by atoms with E-state index in [0.29, 0.717) is 11.8 Å². The van der Waals surface area contributed by atoms with E-state index in [0.717, 1.165) is 31.0 Å². The number of halogens is 1. The first-order valence-electron chi connectivity index (χ1n) is 6.85. The van der Waals surface area contributed by atoms with Crippen LogP contribution in [0.5, 0.6) is 0 Å². The van der Waals surface area contributed by atoms with Crippen LogP contribution >= 0.6 is 11.6 Å². The van der Waals surface area contributed by atoms with Gasteiger partial charge in [0.05, 0.1) is 0 Å². The van der Waals surface area contributed by atoms with Crippen molar-refractivity contribution < 1.29 is 0 Å². The minimum atomic E-state index is 0.524. The number of nitrogens with zero attached hydrogens (tertiary/aromatic N) is 3. The summed E-state index contributed by atoms with van der Waals surface area (Å²) in [4.78, 5) is 9.18. The molecule has 0 bridgehead atoms. The van der Waals surface area contributed by atoms with E-state index in [1.54, 1.807) is 0 Å². The Bertz CT molecular complexity index is 391. The Morgan fingerprint density at radius 1 is 1.26 bits per heavy atom. The second kappa shape index (κ2) is 7.71. The lowest BCUT2D eigenvalue weighted by molar-refractivity contribution is 0.408. The maximum Gasteiger partial charge on any atom is 0.131 e. The molecule has 0 aliphatic carbocycles. The lowest BCUT2D eigenvalue weighted by Crippen LogP contribution is -2.35. The van der Waals surface area contributed by atoms with Crippen molar-refractivity contribution in [3.8, 4) is 0 Å². The molecule has 0 unspecified atom stereocenters. The van der Waals surface area contributed by atoms with E-state index in [1.165, 1.54) is 5.56 Å². The summed E-state index contributed by atoms with van der Waals surface area (Å²) in [7, 11) is 4.20. The van der Waals surface area contributed by atoms with Gasteiger partial charge in [0.1, 0.15) is 5.82 Å². The van der Waals surface area contributed by atoms with Gasteiger partial charge in [-0.2, -0.15) is 0 Å². The van der Waals surface area contributed by atoms with Crippen LogP contribution in [-0.4, -0.2) is 43.6 Å². The molecule has 0 spiro atoms. The summed E-state index contributed by atoms with van der Waals surface area (Å²) in [5, 5.41) is 0. The van der Waals surface area contributed by atoms with E-state index in [1.807, 2.05) is 6.20 Å². The van der Waals surface area contributed by atoms with Gasteiger partial charge in [-0.05, 0) is 44.1 Å². The molecule has 0 amide bonds. The largest absolute Gasteiger partial charge is 0.355 e. The second-order valence-electron chi connectivity index (χ2n) is 5.76. The molecule has 0 atom stereocenters. The molecule has 1 rings (SSSR count). The van der Waals surface area contributed by atoms with E-state index in [4.69, 9.17) is 11.6 Å². The lowest BCUT2D eigenvalue weighted by Gasteiger charge is -2.28. The van der Waals surface area contributed by atoms with Crippen LogP contribution in [0, 0.1) is 12.8 Å². The van der Waals surface area contributed by atoms with E-state index < -0.39 is 0 Å². The number of alkyl halides is 1. The van der Waals surface area contributed by atoms with E-state index >= 15 is 0 Å². The van der Waals surface area contributed by atoms with Crippen LogP contribution in [-0.2, 0) is 5.88 Å². The molecule has 1 heterocycles. The maximum absolute atomic E-state index is 5.86. The fraction of sp³-hybridized carbons (Fsp3) is 0.667. The van der Waals surface area contributed by atoms with Gasteiger partial charge in [-0.3, -0.25) is 0 Å². The first-order valence-corrected chi connectivity index (χ1v) is 7.38. The molecule has 19 heavy (non-hydrogen) atoms. The highest BCUT2D eigenvalue weighted by Crippen LogP contribution is 2.20. The minimum Gasteiger partial charge on any atom is -0.355 e. The van der Waals surface area contributed by atoms with Crippen molar-refractivity contribution in [1.29, 1.82) is 0 Å². The first kappa shape index (κ1) is 16.3. The number of rotatable bonds is 7. The zero-order chi connectivity index (χ0) is 14.4. The molecule has 0 aliphatic heterocycles. The Morgan fingerprint density at radius 3 is 2.42 bits per heavy atom. The van der Waals surface area contributed by atoms with Crippen LogP contribution in [0.3, 0.4) is 0 Å². The highest BCUT2D eigenvalue weighted by atomic mass is 35.5. The summed E-state index contributed by atoms with van der Waals surface area (Å²) < 4.78 is 0. The molecule has 0 aromatic carbocycles. The van der Waals surface area contributed by atoms with Crippen molar-refractivity contribution in [2.45, 2.75) is 26.7 Å². The van der Waals surface area contributed by atoms with Crippen LogP contribution in [0.1, 0.15) is 25.0 Å². The molecule has 3 nitrogen and oxygen atoms in total. The molecule has 0 radical (unpaired) electrons. The molecule has 0 saturated heterocycles. The van der Waals surface area contributed by atoms with Gasteiger partial charge in [0.15, 0.2) is 0 Å². The predicted octanol–water partition coefficient (Wildman–Crippen LogP) is 3.15. The van der Waals surface area contributed by atoms with Crippen LogP contribution in [0.15, 0.2) is 12.3 Å². The Balaban J connectivity index is 2.89. The molecule has 0 fully saturated rings. The highest BCUT2D eigenvalue weighted by Gasteiger charge is 2.13. The number of aromatic nitrogens is 1. The summed E-state index contributed by atoms with van der Waals surface area (Å²) in [5.41, 5.74) is 2.29. The summed E-state index contributed by atoms with van der Waals surface area (Å²) in [6, 6.07) is 2.14. The van der Waals surface area contributed by atoms with Crippen molar-refractivity contribution in [3.63, 3.8) is 0 Å². The number of aryl methyl sites for hydroxylation is 1. The fourth-order valence-electron chi connectivity index (χ4n) is 2.08. The summed E-state index contributed by atoms with van der Waals surface area (Å²) in [5.74, 6) is 2.23. The average molecular weight is 284 g/mol. The van der Waals surface area contributed by atoms with E-state index in [-0.39, 0.29) is 0 Å². The normalized spacial score (nSPS) is 11.4. The predicted molar refractivity (Wildman–Crippen MR) is 84.1 cm³/mol. The van der Waals surface area contributed by atoms with Crippen molar-refractivity contribution in [2.24, 2.45) is 5.92 Å². The lowest BCUT2D eigenvalue weighted by atomic mass is 10.1. The third-order valence-electron chi connectivity index (χ3n) is 2.96. The quantitative estimate of drug-likeness (QED) is 0.717. The van der Waals surface area contributed by atoms with E-state index in [2.05, 4.69) is 55.7 Å². The van der Waals surface area contributed by atoms with Crippen molar-refractivity contribution in [2.75, 3.05) is 38.6 Å². The summed E-state index contributed by atoms with van der Waals surface area (Å²) >= 11 is 5.86. The van der Waals surface area contributed by atoms with Crippen molar-refractivity contribution in [3.05, 3.63) is 23.4 Å². The number of pyridine rings is 1. The first-order chi connectivity index (χ1) is 8.93. The Labute approximate surface area is 122 Å². The minimum absolute atomic E-state index is 0.524. The number of hydrogen-bond acceptors (Lipinski definition) is 3. The van der Waals surface area contributed by atoms with Crippen LogP contribution in [0.4, 0.5) is 5.82 Å². The van der Waals surface area contributed by atoms with E-state index in [9.17, 15) is 0 Å². The monoisotopic (exact) mass is 283 g/mol. The topological polar surface area (TPSA) is 19.4 Å². The van der Waals surface area contributed by atoms with Gasteiger partial charge in [-0.1, -0.05) is 13.8 Å². The van der Waals surface area contributed by atoms with Gasteiger partial charge in [0, 0.05) is 31.7 Å². The number of likely N-dealkylation sites (N-methyl/N-ethyl adjacent to an activating group) is 1. The Kier molecular flexibility index (Phi) is 6.59. The zero-order valence-electron chi connectivity index (χ0n) is 12.8. The smallest absolute Gasteiger partial charge is 0.131 e. The van der Waals surface area contributed by atoms with Gasteiger partial charge in [-0.15, -0.1) is 11.6 Å². The molecule has 4 heteroatoms. The van der Waals surface area contributed by atoms with Crippen LogP contribution < -0.4 is 4.90 Å². The number of hydrogen-bond donors (Lipinski definition) is 0. The van der Waals surface area contributed by atoms with Crippen LogP contribution in [0.2, 0.25) is 0 Å². The third kappa shape index (κ3) is 5.37. The number of anilines is 1. The molecule has 0 N–H and O–H groups in total. The summed E-state index contributed by atoms with van der Waals surface area (Å²) in [6.45, 7) is 9.66. The van der Waals surface area contributed by atoms with Gasteiger partial charge in [0.25, 0.3) is 0 Å². The SMILES string of the molecule is Cc1cc(CCl)cnc1N(CCN(C)C)CC(C)C. The second-order valence-corrected chi connectivity index (χ2v) is 6.03. The van der Waals surface area contributed by atoms with Crippen LogP contribution in [0.25, 0.3) is 0 Å².